The molecule has 2 saturated heterocycles. The van der Waals surface area contributed by atoms with Crippen LogP contribution in [0.1, 0.15) is 29.2 Å². The molecular weight excluding hydrogens is 396 g/mol. The first-order valence-corrected chi connectivity index (χ1v) is 11.5. The third-order valence-corrected chi connectivity index (χ3v) is 7.34. The quantitative estimate of drug-likeness (QED) is 0.743. The van der Waals surface area contributed by atoms with E-state index in [1.165, 1.54) is 11.1 Å². The number of hydrogen-bond donors (Lipinski definition) is 0. The van der Waals surface area contributed by atoms with Crippen LogP contribution in [0.2, 0.25) is 0 Å². The predicted octanol–water partition coefficient (Wildman–Crippen LogP) is 4.06. The van der Waals surface area contributed by atoms with Crippen molar-refractivity contribution in [3.8, 4) is 5.75 Å². The van der Waals surface area contributed by atoms with Gasteiger partial charge in [-0.2, -0.15) is 11.8 Å². The molecule has 2 aromatic rings. The molecule has 2 unspecified atom stereocenters. The van der Waals surface area contributed by atoms with E-state index < -0.39 is 0 Å². The van der Waals surface area contributed by atoms with Gasteiger partial charge in [0.15, 0.2) is 0 Å². The van der Waals surface area contributed by atoms with Gasteiger partial charge in [0, 0.05) is 48.8 Å². The van der Waals surface area contributed by atoms with Crippen molar-refractivity contribution < 1.29 is 14.3 Å². The molecule has 0 aliphatic carbocycles. The summed E-state index contributed by atoms with van der Waals surface area (Å²) in [5, 5.41) is 0.419. The fourth-order valence-electron chi connectivity index (χ4n) is 4.35. The molecule has 0 radical (unpaired) electrons. The Kier molecular flexibility index (Phi) is 6.32. The number of carbonyl (C=O) groups excluding carboxylic acids is 2. The van der Waals surface area contributed by atoms with E-state index in [-0.39, 0.29) is 24.2 Å². The van der Waals surface area contributed by atoms with Crippen LogP contribution in [-0.4, -0.2) is 49.2 Å². The second-order valence-corrected chi connectivity index (χ2v) is 9.25. The van der Waals surface area contributed by atoms with Gasteiger partial charge in [0.1, 0.15) is 5.75 Å². The van der Waals surface area contributed by atoms with Crippen LogP contribution < -0.4 is 9.64 Å². The second-order valence-electron chi connectivity index (χ2n) is 7.94. The van der Waals surface area contributed by atoms with Crippen molar-refractivity contribution in [2.24, 2.45) is 5.92 Å². The van der Waals surface area contributed by atoms with Crippen LogP contribution in [-0.2, 0) is 9.59 Å². The number of methoxy groups -OCH3 is 1. The molecule has 2 amide bonds. The average Bonchev–Trinajstić information content (AvgIpc) is 2.99. The van der Waals surface area contributed by atoms with Crippen LogP contribution in [0.3, 0.4) is 0 Å². The van der Waals surface area contributed by atoms with Gasteiger partial charge in [-0.3, -0.25) is 9.59 Å². The average molecular weight is 425 g/mol. The van der Waals surface area contributed by atoms with Crippen molar-refractivity contribution in [1.82, 2.24) is 4.90 Å². The molecule has 0 N–H and O–H groups in total. The number of benzene rings is 2. The van der Waals surface area contributed by atoms with Gasteiger partial charge < -0.3 is 14.5 Å². The molecular formula is C24H28N2O3S. The topological polar surface area (TPSA) is 49.9 Å². The summed E-state index contributed by atoms with van der Waals surface area (Å²) in [5.41, 5.74) is 3.47. The lowest BCUT2D eigenvalue weighted by Crippen LogP contribution is -2.38. The Morgan fingerprint density at radius 1 is 1.13 bits per heavy atom. The highest BCUT2D eigenvalue weighted by Crippen LogP contribution is 2.37. The highest BCUT2D eigenvalue weighted by atomic mass is 32.2. The van der Waals surface area contributed by atoms with Crippen molar-refractivity contribution in [3.63, 3.8) is 0 Å². The third-order valence-electron chi connectivity index (χ3n) is 6.03. The molecule has 4 rings (SSSR count). The SMILES string of the molecule is COc1cccc(N2CC(C(=O)N3CCSC(c4ccccc4C)CC3)CC2=O)c1. The number of ether oxygens (including phenoxy) is 1. The van der Waals surface area contributed by atoms with Gasteiger partial charge in [-0.15, -0.1) is 0 Å². The van der Waals surface area contributed by atoms with E-state index in [0.29, 0.717) is 17.5 Å². The summed E-state index contributed by atoms with van der Waals surface area (Å²) < 4.78 is 5.27. The molecule has 2 atom stereocenters. The highest BCUT2D eigenvalue weighted by molar-refractivity contribution is 7.99. The Morgan fingerprint density at radius 3 is 2.77 bits per heavy atom. The molecule has 0 saturated carbocycles. The summed E-state index contributed by atoms with van der Waals surface area (Å²) in [6.45, 7) is 4.08. The van der Waals surface area contributed by atoms with E-state index in [4.69, 9.17) is 4.74 Å². The third kappa shape index (κ3) is 4.33. The molecule has 2 aliphatic rings. The van der Waals surface area contributed by atoms with Crippen LogP contribution in [0.4, 0.5) is 5.69 Å². The molecule has 2 aliphatic heterocycles. The fourth-order valence-corrected chi connectivity index (χ4v) is 5.67. The van der Waals surface area contributed by atoms with Crippen molar-refractivity contribution in [2.45, 2.75) is 25.0 Å². The van der Waals surface area contributed by atoms with E-state index in [9.17, 15) is 9.59 Å². The first-order chi connectivity index (χ1) is 14.6. The summed E-state index contributed by atoms with van der Waals surface area (Å²) in [6.07, 6.45) is 1.22. The van der Waals surface area contributed by atoms with Gasteiger partial charge in [0.2, 0.25) is 11.8 Å². The maximum absolute atomic E-state index is 13.2. The minimum absolute atomic E-state index is 0.00332. The van der Waals surface area contributed by atoms with Gasteiger partial charge in [-0.05, 0) is 36.6 Å². The Morgan fingerprint density at radius 2 is 1.97 bits per heavy atom. The van der Waals surface area contributed by atoms with E-state index in [1.807, 2.05) is 40.9 Å². The number of anilines is 1. The molecule has 0 spiro atoms. The molecule has 2 heterocycles. The van der Waals surface area contributed by atoms with E-state index in [0.717, 1.165) is 31.0 Å². The minimum atomic E-state index is -0.274. The van der Waals surface area contributed by atoms with Gasteiger partial charge in [0.25, 0.3) is 0 Å². The standard InChI is InChI=1S/C24H28N2O3S/c1-17-6-3-4-9-21(17)22-10-11-25(12-13-30-22)24(28)18-14-23(27)26(16-18)19-7-5-8-20(15-19)29-2/h3-9,15,18,22H,10-14,16H2,1-2H3. The molecule has 2 aromatic carbocycles. The van der Waals surface area contributed by atoms with Crippen LogP contribution in [0, 0.1) is 12.8 Å². The lowest BCUT2D eigenvalue weighted by atomic mass is 10.0. The summed E-state index contributed by atoms with van der Waals surface area (Å²) in [4.78, 5) is 29.5. The number of rotatable bonds is 4. The summed E-state index contributed by atoms with van der Waals surface area (Å²) >= 11 is 1.93. The Labute approximate surface area is 182 Å². The van der Waals surface area contributed by atoms with Gasteiger partial charge in [-0.25, -0.2) is 0 Å². The summed E-state index contributed by atoms with van der Waals surface area (Å²) in [6, 6.07) is 16.0. The Hall–Kier alpha value is -2.47. The lowest BCUT2D eigenvalue weighted by Gasteiger charge is -2.24. The Bertz CT molecular complexity index is 932. The summed E-state index contributed by atoms with van der Waals surface area (Å²) in [5.74, 6) is 1.47. The number of carbonyl (C=O) groups is 2. The zero-order valence-electron chi connectivity index (χ0n) is 17.5. The summed E-state index contributed by atoms with van der Waals surface area (Å²) in [7, 11) is 1.61. The van der Waals surface area contributed by atoms with Crippen LogP contribution >= 0.6 is 11.8 Å². The minimum Gasteiger partial charge on any atom is -0.497 e. The van der Waals surface area contributed by atoms with E-state index in [2.05, 4.69) is 31.2 Å². The number of nitrogens with zero attached hydrogens (tertiary/aromatic N) is 2. The van der Waals surface area contributed by atoms with Gasteiger partial charge in [0.05, 0.1) is 13.0 Å². The maximum atomic E-state index is 13.2. The molecule has 6 heteroatoms. The largest absolute Gasteiger partial charge is 0.497 e. The van der Waals surface area contributed by atoms with E-state index in [1.54, 1.807) is 12.0 Å². The van der Waals surface area contributed by atoms with Crippen molar-refractivity contribution in [3.05, 3.63) is 59.7 Å². The molecule has 0 aromatic heterocycles. The normalized spacial score (nSPS) is 22.1. The molecule has 2 fully saturated rings. The first kappa shape index (κ1) is 20.8. The van der Waals surface area contributed by atoms with Gasteiger partial charge in [-0.1, -0.05) is 30.3 Å². The molecule has 5 nitrogen and oxygen atoms in total. The molecule has 0 bridgehead atoms. The van der Waals surface area contributed by atoms with Crippen molar-refractivity contribution in [1.29, 1.82) is 0 Å². The molecule has 30 heavy (non-hydrogen) atoms. The second kappa shape index (κ2) is 9.13. The van der Waals surface area contributed by atoms with Gasteiger partial charge >= 0.3 is 0 Å². The highest BCUT2D eigenvalue weighted by Gasteiger charge is 2.38. The van der Waals surface area contributed by atoms with Crippen molar-refractivity contribution >= 4 is 29.3 Å². The number of amides is 2. The lowest BCUT2D eigenvalue weighted by molar-refractivity contribution is -0.135. The molecule has 158 valence electrons. The van der Waals surface area contributed by atoms with Crippen LogP contribution in [0.5, 0.6) is 5.75 Å². The zero-order valence-corrected chi connectivity index (χ0v) is 18.4. The van der Waals surface area contributed by atoms with Crippen LogP contribution in [0.25, 0.3) is 0 Å². The Balaban J connectivity index is 1.41. The number of thioether (sulfide) groups is 1. The number of hydrogen-bond acceptors (Lipinski definition) is 4. The smallest absolute Gasteiger partial charge is 0.228 e. The monoisotopic (exact) mass is 424 g/mol. The maximum Gasteiger partial charge on any atom is 0.228 e. The van der Waals surface area contributed by atoms with E-state index >= 15 is 0 Å². The first-order valence-electron chi connectivity index (χ1n) is 10.5. The predicted molar refractivity (Wildman–Crippen MR) is 121 cm³/mol. The van der Waals surface area contributed by atoms with Crippen molar-refractivity contribution in [2.75, 3.05) is 37.4 Å². The van der Waals surface area contributed by atoms with Crippen LogP contribution in [0.15, 0.2) is 48.5 Å². The fraction of sp³-hybridized carbons (Fsp3) is 0.417. The zero-order chi connectivity index (χ0) is 21.1. The number of aryl methyl sites for hydroxylation is 1.